The number of rotatable bonds is 8. The molecule has 7 nitrogen and oxygen atoms in total. The van der Waals surface area contributed by atoms with Gasteiger partial charge >= 0.3 is 0 Å². The lowest BCUT2D eigenvalue weighted by atomic mass is 10.2. The Morgan fingerprint density at radius 3 is 2.58 bits per heavy atom. The predicted molar refractivity (Wildman–Crippen MR) is 125 cm³/mol. The van der Waals surface area contributed by atoms with Crippen LogP contribution in [0.4, 0.5) is 0 Å². The number of aryl methyl sites for hydroxylation is 2. The zero-order valence-corrected chi connectivity index (χ0v) is 18.1. The Kier molecular flexibility index (Phi) is 6.62. The van der Waals surface area contributed by atoms with Crippen molar-refractivity contribution >= 4 is 16.9 Å². The summed E-state index contributed by atoms with van der Waals surface area (Å²) in [6.07, 6.45) is 3.15. The minimum absolute atomic E-state index is 0.570. The second-order valence-electron chi connectivity index (χ2n) is 7.57. The maximum atomic E-state index is 4.76. The van der Waals surface area contributed by atoms with E-state index in [1.165, 1.54) is 16.5 Å². The molecule has 2 aromatic carbocycles. The van der Waals surface area contributed by atoms with Gasteiger partial charge < -0.3 is 19.8 Å². The lowest BCUT2D eigenvalue weighted by molar-refractivity contribution is 0.636. The number of aliphatic imine (C=N–C) groups is 1. The average molecular weight is 416 g/mol. The van der Waals surface area contributed by atoms with Crippen LogP contribution >= 0.6 is 0 Å². The molecule has 0 radical (unpaired) electrons. The largest absolute Gasteiger partial charge is 0.356 e. The first-order valence-corrected chi connectivity index (χ1v) is 10.7. The van der Waals surface area contributed by atoms with Gasteiger partial charge in [-0.15, -0.1) is 10.2 Å². The van der Waals surface area contributed by atoms with Crippen molar-refractivity contribution < 1.29 is 0 Å². The van der Waals surface area contributed by atoms with Crippen LogP contribution in [-0.4, -0.2) is 31.8 Å². The van der Waals surface area contributed by atoms with Crippen molar-refractivity contribution in [2.24, 2.45) is 12.0 Å². The smallest absolute Gasteiger partial charge is 0.191 e. The minimum Gasteiger partial charge on any atom is -0.356 e. The number of hydrogen-bond donors (Lipinski definition) is 2. The molecule has 0 aliphatic heterocycles. The van der Waals surface area contributed by atoms with E-state index in [9.17, 15) is 0 Å². The highest BCUT2D eigenvalue weighted by molar-refractivity contribution is 5.80. The highest BCUT2D eigenvalue weighted by Crippen LogP contribution is 2.15. The lowest BCUT2D eigenvalue weighted by Gasteiger charge is -2.13. The molecule has 31 heavy (non-hydrogen) atoms. The van der Waals surface area contributed by atoms with Gasteiger partial charge in [-0.2, -0.15) is 0 Å². The van der Waals surface area contributed by atoms with E-state index in [-0.39, 0.29) is 0 Å². The average Bonchev–Trinajstić information content (AvgIpc) is 3.36. The Morgan fingerprint density at radius 2 is 1.77 bits per heavy atom. The SMILES string of the molecule is Cc1nnc(CNC(=NCc2ccccc2)NCCCn2ccc3ccccc32)n1C. The third-order valence-corrected chi connectivity index (χ3v) is 5.41. The van der Waals surface area contributed by atoms with Crippen molar-refractivity contribution in [3.8, 4) is 0 Å². The van der Waals surface area contributed by atoms with Crippen molar-refractivity contribution in [1.82, 2.24) is 30.0 Å². The molecule has 7 heteroatoms. The third-order valence-electron chi connectivity index (χ3n) is 5.41. The highest BCUT2D eigenvalue weighted by Gasteiger charge is 2.06. The predicted octanol–water partition coefficient (Wildman–Crippen LogP) is 3.40. The van der Waals surface area contributed by atoms with Crippen LogP contribution in [0.2, 0.25) is 0 Å². The van der Waals surface area contributed by atoms with Crippen molar-refractivity contribution in [1.29, 1.82) is 0 Å². The molecule has 2 N–H and O–H groups in total. The summed E-state index contributed by atoms with van der Waals surface area (Å²) in [5.74, 6) is 2.55. The van der Waals surface area contributed by atoms with Gasteiger partial charge in [0.1, 0.15) is 5.82 Å². The summed E-state index contributed by atoms with van der Waals surface area (Å²) in [5.41, 5.74) is 2.45. The number of fused-ring (bicyclic) bond motifs is 1. The van der Waals surface area contributed by atoms with Crippen molar-refractivity contribution in [3.63, 3.8) is 0 Å². The maximum absolute atomic E-state index is 4.76. The first-order valence-electron chi connectivity index (χ1n) is 10.7. The van der Waals surface area contributed by atoms with E-state index in [0.717, 1.165) is 37.1 Å². The van der Waals surface area contributed by atoms with Crippen molar-refractivity contribution in [3.05, 3.63) is 84.1 Å². The minimum atomic E-state index is 0.570. The number of nitrogens with one attached hydrogen (secondary N) is 2. The van der Waals surface area contributed by atoms with Crippen LogP contribution in [0.5, 0.6) is 0 Å². The van der Waals surface area contributed by atoms with Crippen LogP contribution < -0.4 is 10.6 Å². The summed E-state index contributed by atoms with van der Waals surface area (Å²) in [5, 5.41) is 16.5. The molecule has 0 spiro atoms. The standard InChI is InChI=1S/C24H29N7/c1-19-28-29-23(30(19)2)18-27-24(26-17-20-9-4-3-5-10-20)25-14-8-15-31-16-13-21-11-6-7-12-22(21)31/h3-7,9-13,16H,8,14-15,17-18H2,1-2H3,(H2,25,26,27). The number of guanidine groups is 1. The van der Waals surface area contributed by atoms with Gasteiger partial charge in [-0.05, 0) is 36.4 Å². The maximum Gasteiger partial charge on any atom is 0.191 e. The number of nitrogens with zero attached hydrogens (tertiary/aromatic N) is 5. The van der Waals surface area contributed by atoms with E-state index in [4.69, 9.17) is 4.99 Å². The molecule has 0 saturated carbocycles. The summed E-state index contributed by atoms with van der Waals surface area (Å²) in [6.45, 7) is 4.92. The normalized spacial score (nSPS) is 11.7. The van der Waals surface area contributed by atoms with E-state index in [1.807, 2.05) is 36.7 Å². The number of aromatic nitrogens is 4. The molecule has 0 aliphatic rings. The lowest BCUT2D eigenvalue weighted by Crippen LogP contribution is -2.38. The van der Waals surface area contributed by atoms with E-state index in [2.05, 4.69) is 74.1 Å². The summed E-state index contributed by atoms with van der Waals surface area (Å²) in [7, 11) is 1.97. The molecule has 0 amide bonds. The second kappa shape index (κ2) is 9.93. The molecule has 0 atom stereocenters. The fourth-order valence-electron chi connectivity index (χ4n) is 3.49. The molecule has 4 aromatic rings. The van der Waals surface area contributed by atoms with Gasteiger partial charge in [-0.25, -0.2) is 4.99 Å². The molecule has 0 fully saturated rings. The van der Waals surface area contributed by atoms with Crippen LogP contribution in [-0.2, 0) is 26.7 Å². The summed E-state index contributed by atoms with van der Waals surface area (Å²) in [6, 6.07) is 20.9. The first-order chi connectivity index (χ1) is 15.2. The molecular weight excluding hydrogens is 386 g/mol. The Balaban J connectivity index is 1.35. The number of hydrogen-bond acceptors (Lipinski definition) is 3. The second-order valence-corrected chi connectivity index (χ2v) is 7.57. The van der Waals surface area contributed by atoms with Crippen LogP contribution in [0.3, 0.4) is 0 Å². The van der Waals surface area contributed by atoms with E-state index in [0.29, 0.717) is 13.1 Å². The fraction of sp³-hybridized carbons (Fsp3) is 0.292. The topological polar surface area (TPSA) is 72.1 Å². The van der Waals surface area contributed by atoms with Gasteiger partial charge in [0.15, 0.2) is 11.8 Å². The van der Waals surface area contributed by atoms with Gasteiger partial charge in [0.2, 0.25) is 0 Å². The molecule has 0 saturated heterocycles. The van der Waals surface area contributed by atoms with Crippen LogP contribution in [0.15, 0.2) is 71.9 Å². The van der Waals surface area contributed by atoms with E-state index >= 15 is 0 Å². The Labute approximate surface area is 182 Å². The zero-order chi connectivity index (χ0) is 21.5. The van der Waals surface area contributed by atoms with Gasteiger partial charge in [0.05, 0.1) is 13.1 Å². The Hall–Kier alpha value is -3.61. The molecule has 0 bridgehead atoms. The highest BCUT2D eigenvalue weighted by atomic mass is 15.3. The molecule has 2 heterocycles. The van der Waals surface area contributed by atoms with Gasteiger partial charge in [-0.3, -0.25) is 0 Å². The molecular formula is C24H29N7. The van der Waals surface area contributed by atoms with E-state index < -0.39 is 0 Å². The monoisotopic (exact) mass is 415 g/mol. The van der Waals surface area contributed by atoms with Crippen LogP contribution in [0.1, 0.15) is 23.6 Å². The van der Waals surface area contributed by atoms with Gasteiger partial charge in [0, 0.05) is 31.9 Å². The van der Waals surface area contributed by atoms with Gasteiger partial charge in [-0.1, -0.05) is 48.5 Å². The van der Waals surface area contributed by atoms with Crippen LogP contribution in [0, 0.1) is 6.92 Å². The molecule has 4 rings (SSSR count). The fourth-order valence-corrected chi connectivity index (χ4v) is 3.49. The number of para-hydroxylation sites is 1. The number of benzene rings is 2. The summed E-state index contributed by atoms with van der Waals surface area (Å²) >= 11 is 0. The quantitative estimate of drug-likeness (QED) is 0.263. The van der Waals surface area contributed by atoms with Gasteiger partial charge in [0.25, 0.3) is 0 Å². The van der Waals surface area contributed by atoms with Crippen molar-refractivity contribution in [2.45, 2.75) is 33.0 Å². The van der Waals surface area contributed by atoms with Crippen molar-refractivity contribution in [2.75, 3.05) is 6.54 Å². The Bertz CT molecular complexity index is 1140. The summed E-state index contributed by atoms with van der Waals surface area (Å²) in [4.78, 5) is 4.76. The zero-order valence-electron chi connectivity index (χ0n) is 18.1. The first kappa shape index (κ1) is 20.7. The summed E-state index contributed by atoms with van der Waals surface area (Å²) < 4.78 is 4.28. The molecule has 0 aliphatic carbocycles. The van der Waals surface area contributed by atoms with Crippen LogP contribution in [0.25, 0.3) is 10.9 Å². The van der Waals surface area contributed by atoms with E-state index in [1.54, 1.807) is 0 Å². The molecule has 160 valence electrons. The third kappa shape index (κ3) is 5.31. The molecule has 0 unspecified atom stereocenters. The molecule has 2 aromatic heterocycles. The Morgan fingerprint density at radius 1 is 0.968 bits per heavy atom.